The summed E-state index contributed by atoms with van der Waals surface area (Å²) in [6.45, 7) is 6.12. The maximum atomic E-state index is 12.2. The van der Waals surface area contributed by atoms with Crippen molar-refractivity contribution in [2.75, 3.05) is 12.8 Å². The van der Waals surface area contributed by atoms with Crippen LogP contribution in [0.4, 0.5) is 5.82 Å². The number of amides is 1. The highest BCUT2D eigenvalue weighted by atomic mass is 16.5. The topological polar surface area (TPSA) is 90.2 Å². The fourth-order valence-corrected chi connectivity index (χ4v) is 1.99. The Kier molecular flexibility index (Phi) is 3.78. The van der Waals surface area contributed by atoms with Crippen molar-refractivity contribution in [3.8, 4) is 0 Å². The van der Waals surface area contributed by atoms with Crippen LogP contribution in [0, 0.1) is 20.8 Å². The second-order valence-electron chi connectivity index (χ2n) is 4.92. The smallest absolute Gasteiger partial charge is 0.244 e. The number of likely N-dealkylation sites (N-methyl/N-ethyl adjacent to an activating group) is 1. The molecule has 0 spiro atoms. The summed E-state index contributed by atoms with van der Waals surface area (Å²) in [6, 6.07) is 1.74. The number of carbonyl (C=O) groups is 1. The Labute approximate surface area is 117 Å². The zero-order valence-corrected chi connectivity index (χ0v) is 12.2. The van der Waals surface area contributed by atoms with E-state index in [1.54, 1.807) is 18.0 Å². The SMILES string of the molecule is Cc1cc(N)n(CC(=O)N(C)Cc2c(C)noc2C)n1. The lowest BCUT2D eigenvalue weighted by Crippen LogP contribution is -2.30. The van der Waals surface area contributed by atoms with Gasteiger partial charge in [0.1, 0.15) is 18.1 Å². The van der Waals surface area contributed by atoms with E-state index in [9.17, 15) is 4.79 Å². The highest BCUT2D eigenvalue weighted by Crippen LogP contribution is 2.14. The maximum Gasteiger partial charge on any atom is 0.244 e. The van der Waals surface area contributed by atoms with Gasteiger partial charge in [0.2, 0.25) is 5.91 Å². The van der Waals surface area contributed by atoms with Crippen LogP contribution < -0.4 is 5.73 Å². The number of carbonyl (C=O) groups excluding carboxylic acids is 1. The van der Waals surface area contributed by atoms with Gasteiger partial charge < -0.3 is 15.2 Å². The molecule has 2 aromatic rings. The number of rotatable bonds is 4. The first kappa shape index (κ1) is 14.1. The second-order valence-corrected chi connectivity index (χ2v) is 4.92. The monoisotopic (exact) mass is 277 g/mol. The van der Waals surface area contributed by atoms with E-state index in [1.165, 1.54) is 4.68 Å². The van der Waals surface area contributed by atoms with E-state index in [1.807, 2.05) is 20.8 Å². The molecule has 2 aromatic heterocycles. The molecular formula is C13H19N5O2. The van der Waals surface area contributed by atoms with E-state index < -0.39 is 0 Å². The van der Waals surface area contributed by atoms with E-state index in [0.717, 1.165) is 22.7 Å². The van der Waals surface area contributed by atoms with Gasteiger partial charge in [-0.1, -0.05) is 5.16 Å². The van der Waals surface area contributed by atoms with Crippen molar-refractivity contribution in [3.05, 3.63) is 28.8 Å². The molecule has 2 rings (SSSR count). The molecule has 7 heteroatoms. The maximum absolute atomic E-state index is 12.2. The zero-order chi connectivity index (χ0) is 14.9. The molecular weight excluding hydrogens is 258 g/mol. The molecule has 1 amide bonds. The minimum atomic E-state index is -0.0696. The van der Waals surface area contributed by atoms with Gasteiger partial charge >= 0.3 is 0 Å². The predicted octanol–water partition coefficient (Wildman–Crippen LogP) is 1.04. The van der Waals surface area contributed by atoms with Crippen LogP contribution in [0.2, 0.25) is 0 Å². The molecule has 0 saturated carbocycles. The number of anilines is 1. The molecule has 0 radical (unpaired) electrons. The Morgan fingerprint density at radius 2 is 2.15 bits per heavy atom. The van der Waals surface area contributed by atoms with Gasteiger partial charge in [0.25, 0.3) is 0 Å². The van der Waals surface area contributed by atoms with E-state index in [-0.39, 0.29) is 12.5 Å². The lowest BCUT2D eigenvalue weighted by molar-refractivity contribution is -0.131. The van der Waals surface area contributed by atoms with Crippen LogP contribution in [-0.2, 0) is 17.9 Å². The molecule has 0 fully saturated rings. The third kappa shape index (κ3) is 2.81. The summed E-state index contributed by atoms with van der Waals surface area (Å²) >= 11 is 0. The first-order valence-electron chi connectivity index (χ1n) is 6.34. The average molecular weight is 277 g/mol. The first-order chi connectivity index (χ1) is 9.38. The minimum absolute atomic E-state index is 0.0696. The fourth-order valence-electron chi connectivity index (χ4n) is 1.99. The molecule has 0 bridgehead atoms. The molecule has 0 atom stereocenters. The Morgan fingerprint density at radius 1 is 1.45 bits per heavy atom. The van der Waals surface area contributed by atoms with Crippen molar-refractivity contribution in [2.24, 2.45) is 0 Å². The third-order valence-electron chi connectivity index (χ3n) is 3.22. The van der Waals surface area contributed by atoms with Crippen LogP contribution in [0.5, 0.6) is 0 Å². The van der Waals surface area contributed by atoms with Crippen LogP contribution in [0.25, 0.3) is 0 Å². The Bertz CT molecular complexity index is 609. The largest absolute Gasteiger partial charge is 0.384 e. The lowest BCUT2D eigenvalue weighted by Gasteiger charge is -2.17. The lowest BCUT2D eigenvalue weighted by atomic mass is 10.2. The Hall–Kier alpha value is -2.31. The number of hydrogen-bond acceptors (Lipinski definition) is 5. The fraction of sp³-hybridized carbons (Fsp3) is 0.462. The van der Waals surface area contributed by atoms with E-state index in [2.05, 4.69) is 10.3 Å². The predicted molar refractivity (Wildman–Crippen MR) is 73.8 cm³/mol. The van der Waals surface area contributed by atoms with Gasteiger partial charge in [0.05, 0.1) is 17.9 Å². The molecule has 0 aliphatic carbocycles. The molecule has 0 aliphatic heterocycles. The molecule has 2 N–H and O–H groups in total. The summed E-state index contributed by atoms with van der Waals surface area (Å²) in [7, 11) is 1.74. The standard InChI is InChI=1S/C13H19N5O2/c1-8-5-12(14)18(15-8)7-13(19)17(4)6-11-9(2)16-20-10(11)3/h5H,6-7,14H2,1-4H3. The summed E-state index contributed by atoms with van der Waals surface area (Å²) < 4.78 is 6.59. The normalized spacial score (nSPS) is 10.8. The highest BCUT2D eigenvalue weighted by Gasteiger charge is 2.16. The van der Waals surface area contributed by atoms with E-state index in [4.69, 9.17) is 10.3 Å². The van der Waals surface area contributed by atoms with Crippen LogP contribution in [0.15, 0.2) is 10.6 Å². The van der Waals surface area contributed by atoms with Gasteiger partial charge in [0, 0.05) is 18.7 Å². The summed E-state index contributed by atoms with van der Waals surface area (Å²) in [6.07, 6.45) is 0. The van der Waals surface area contributed by atoms with Crippen molar-refractivity contribution in [1.82, 2.24) is 19.8 Å². The molecule has 2 heterocycles. The molecule has 0 unspecified atom stereocenters. The average Bonchev–Trinajstić information content (AvgIpc) is 2.85. The zero-order valence-electron chi connectivity index (χ0n) is 12.2. The summed E-state index contributed by atoms with van der Waals surface area (Å²) in [4.78, 5) is 13.8. The Morgan fingerprint density at radius 3 is 2.65 bits per heavy atom. The molecule has 0 aromatic carbocycles. The van der Waals surface area contributed by atoms with Crippen molar-refractivity contribution >= 4 is 11.7 Å². The quantitative estimate of drug-likeness (QED) is 0.901. The van der Waals surface area contributed by atoms with Crippen molar-refractivity contribution in [3.63, 3.8) is 0 Å². The molecule has 0 aliphatic rings. The summed E-state index contributed by atoms with van der Waals surface area (Å²) in [5, 5.41) is 8.06. The molecule has 0 saturated heterocycles. The minimum Gasteiger partial charge on any atom is -0.384 e. The first-order valence-corrected chi connectivity index (χ1v) is 6.34. The van der Waals surface area contributed by atoms with Crippen LogP contribution in [0.1, 0.15) is 22.7 Å². The number of aryl methyl sites for hydroxylation is 3. The molecule has 7 nitrogen and oxygen atoms in total. The van der Waals surface area contributed by atoms with Crippen LogP contribution >= 0.6 is 0 Å². The number of nitrogen functional groups attached to an aromatic ring is 1. The third-order valence-corrected chi connectivity index (χ3v) is 3.22. The van der Waals surface area contributed by atoms with Crippen molar-refractivity contribution < 1.29 is 9.32 Å². The van der Waals surface area contributed by atoms with E-state index in [0.29, 0.717) is 12.4 Å². The van der Waals surface area contributed by atoms with Gasteiger partial charge in [-0.15, -0.1) is 0 Å². The second kappa shape index (κ2) is 5.36. The van der Waals surface area contributed by atoms with Crippen LogP contribution in [-0.4, -0.2) is 32.8 Å². The van der Waals surface area contributed by atoms with Gasteiger partial charge in [-0.2, -0.15) is 5.10 Å². The van der Waals surface area contributed by atoms with Crippen LogP contribution in [0.3, 0.4) is 0 Å². The van der Waals surface area contributed by atoms with Crippen molar-refractivity contribution in [2.45, 2.75) is 33.9 Å². The van der Waals surface area contributed by atoms with Gasteiger partial charge in [-0.25, -0.2) is 4.68 Å². The number of nitrogens with zero attached hydrogens (tertiary/aromatic N) is 4. The van der Waals surface area contributed by atoms with Crippen molar-refractivity contribution in [1.29, 1.82) is 0 Å². The number of nitrogens with two attached hydrogens (primary N) is 1. The Balaban J connectivity index is 2.04. The molecule has 20 heavy (non-hydrogen) atoms. The highest BCUT2D eigenvalue weighted by molar-refractivity contribution is 5.76. The van der Waals surface area contributed by atoms with Gasteiger partial charge in [-0.3, -0.25) is 4.79 Å². The number of aromatic nitrogens is 3. The molecule has 108 valence electrons. The van der Waals surface area contributed by atoms with Gasteiger partial charge in [-0.05, 0) is 20.8 Å². The summed E-state index contributed by atoms with van der Waals surface area (Å²) in [5.74, 6) is 1.15. The van der Waals surface area contributed by atoms with E-state index >= 15 is 0 Å². The number of hydrogen-bond donors (Lipinski definition) is 1. The summed E-state index contributed by atoms with van der Waals surface area (Å²) in [5.41, 5.74) is 8.31. The van der Waals surface area contributed by atoms with Gasteiger partial charge in [0.15, 0.2) is 0 Å².